The van der Waals surface area contributed by atoms with Crippen LogP contribution in [0.4, 0.5) is 0 Å². The number of morpholine rings is 1. The van der Waals surface area contributed by atoms with Crippen molar-refractivity contribution in [3.05, 3.63) is 35.4 Å². The highest BCUT2D eigenvalue weighted by atomic mass is 16.5. The Balaban J connectivity index is 1.88. The lowest BCUT2D eigenvalue weighted by Crippen LogP contribution is -2.42. The average Bonchev–Trinajstić information content (AvgIpc) is 2.52. The molecule has 120 valence electrons. The molecule has 1 aromatic carbocycles. The third-order valence-corrected chi connectivity index (χ3v) is 3.68. The third-order valence-electron chi connectivity index (χ3n) is 3.68. The van der Waals surface area contributed by atoms with Crippen molar-refractivity contribution < 1.29 is 19.1 Å². The summed E-state index contributed by atoms with van der Waals surface area (Å²) < 4.78 is 10.3. The second kappa shape index (κ2) is 6.92. The predicted molar refractivity (Wildman–Crippen MR) is 82.8 cm³/mol. The molecule has 0 aliphatic carbocycles. The number of ether oxygens (including phenoxy) is 2. The molecule has 0 unspecified atom stereocenters. The molecule has 1 heterocycles. The van der Waals surface area contributed by atoms with Gasteiger partial charge in [0, 0.05) is 13.1 Å². The van der Waals surface area contributed by atoms with Crippen molar-refractivity contribution in [3.8, 4) is 0 Å². The number of carbonyl (C=O) groups is 2. The molecule has 5 heteroatoms. The normalized spacial score (nSPS) is 15.5. The fourth-order valence-electron chi connectivity index (χ4n) is 2.22. The Morgan fingerprint density at radius 3 is 2.27 bits per heavy atom. The maximum absolute atomic E-state index is 12.0. The van der Waals surface area contributed by atoms with Gasteiger partial charge in [-0.1, -0.05) is 32.9 Å². The van der Waals surface area contributed by atoms with Gasteiger partial charge in [-0.05, 0) is 23.1 Å². The van der Waals surface area contributed by atoms with E-state index in [1.807, 2.05) is 12.1 Å². The molecule has 5 nitrogen and oxygen atoms in total. The molecule has 22 heavy (non-hydrogen) atoms. The lowest BCUT2D eigenvalue weighted by atomic mass is 9.87. The minimum absolute atomic E-state index is 0.0364. The summed E-state index contributed by atoms with van der Waals surface area (Å²) in [6.07, 6.45) is 0. The zero-order chi connectivity index (χ0) is 16.2. The third kappa shape index (κ3) is 4.31. The summed E-state index contributed by atoms with van der Waals surface area (Å²) in [5.74, 6) is -0.648. The molecule has 1 aromatic rings. The van der Waals surface area contributed by atoms with E-state index < -0.39 is 5.97 Å². The summed E-state index contributed by atoms with van der Waals surface area (Å²) in [4.78, 5) is 25.5. The van der Waals surface area contributed by atoms with Crippen LogP contribution in [-0.4, -0.2) is 49.7 Å². The van der Waals surface area contributed by atoms with Gasteiger partial charge in [-0.2, -0.15) is 0 Å². The quantitative estimate of drug-likeness (QED) is 0.802. The second-order valence-corrected chi connectivity index (χ2v) is 6.40. The molecule has 1 aliphatic rings. The lowest BCUT2D eigenvalue weighted by molar-refractivity contribution is -0.138. The van der Waals surface area contributed by atoms with E-state index in [4.69, 9.17) is 9.47 Å². The van der Waals surface area contributed by atoms with Crippen LogP contribution in [0.1, 0.15) is 36.7 Å². The molecule has 1 fully saturated rings. The molecule has 0 aromatic heterocycles. The number of amides is 1. The maximum atomic E-state index is 12.0. The van der Waals surface area contributed by atoms with Crippen molar-refractivity contribution in [3.63, 3.8) is 0 Å². The SMILES string of the molecule is CC(C)(C)c1ccc(C(=O)OCC(=O)N2CCOCC2)cc1. The Labute approximate surface area is 131 Å². The van der Waals surface area contributed by atoms with Crippen LogP contribution in [-0.2, 0) is 19.7 Å². The van der Waals surface area contributed by atoms with Crippen LogP contribution in [0, 0.1) is 0 Å². The zero-order valence-corrected chi connectivity index (χ0v) is 13.4. The van der Waals surface area contributed by atoms with Gasteiger partial charge in [0.15, 0.2) is 6.61 Å². The number of hydrogen-bond acceptors (Lipinski definition) is 4. The molecule has 0 N–H and O–H groups in total. The van der Waals surface area contributed by atoms with Crippen LogP contribution in [0.15, 0.2) is 24.3 Å². The average molecular weight is 305 g/mol. The first kappa shape index (κ1) is 16.5. The molecule has 0 atom stereocenters. The number of carbonyl (C=O) groups excluding carboxylic acids is 2. The minimum Gasteiger partial charge on any atom is -0.452 e. The van der Waals surface area contributed by atoms with Gasteiger partial charge in [-0.15, -0.1) is 0 Å². The monoisotopic (exact) mass is 305 g/mol. The molecule has 1 aliphatic heterocycles. The fraction of sp³-hybridized carbons (Fsp3) is 0.529. The zero-order valence-electron chi connectivity index (χ0n) is 13.4. The second-order valence-electron chi connectivity index (χ2n) is 6.40. The van der Waals surface area contributed by atoms with E-state index in [1.165, 1.54) is 0 Å². The first-order chi connectivity index (χ1) is 10.4. The molecule has 1 saturated heterocycles. The summed E-state index contributed by atoms with van der Waals surface area (Å²) in [5, 5.41) is 0. The Morgan fingerprint density at radius 2 is 1.73 bits per heavy atom. The number of esters is 1. The highest BCUT2D eigenvalue weighted by molar-refractivity contribution is 5.91. The lowest BCUT2D eigenvalue weighted by Gasteiger charge is -2.26. The predicted octanol–water partition coefficient (Wildman–Crippen LogP) is 2.00. The molecular weight excluding hydrogens is 282 g/mol. The van der Waals surface area contributed by atoms with Gasteiger partial charge in [-0.3, -0.25) is 4.79 Å². The van der Waals surface area contributed by atoms with Crippen LogP contribution in [0.2, 0.25) is 0 Å². The van der Waals surface area contributed by atoms with Crippen LogP contribution >= 0.6 is 0 Å². The standard InChI is InChI=1S/C17H23NO4/c1-17(2,3)14-6-4-13(5-7-14)16(20)22-12-15(19)18-8-10-21-11-9-18/h4-7H,8-12H2,1-3H3. The van der Waals surface area contributed by atoms with Crippen molar-refractivity contribution in [2.75, 3.05) is 32.9 Å². The smallest absolute Gasteiger partial charge is 0.338 e. The first-order valence-corrected chi connectivity index (χ1v) is 7.51. The van der Waals surface area contributed by atoms with Crippen molar-refractivity contribution in [2.45, 2.75) is 26.2 Å². The molecule has 0 radical (unpaired) electrons. The molecule has 1 amide bonds. The molecule has 0 bridgehead atoms. The van der Waals surface area contributed by atoms with Crippen molar-refractivity contribution in [1.29, 1.82) is 0 Å². The largest absolute Gasteiger partial charge is 0.452 e. The van der Waals surface area contributed by atoms with Crippen LogP contribution in [0.5, 0.6) is 0 Å². The van der Waals surface area contributed by atoms with E-state index in [2.05, 4.69) is 20.8 Å². The Morgan fingerprint density at radius 1 is 1.14 bits per heavy atom. The fourth-order valence-corrected chi connectivity index (χ4v) is 2.22. The highest BCUT2D eigenvalue weighted by Crippen LogP contribution is 2.22. The molecule has 0 spiro atoms. The van der Waals surface area contributed by atoms with E-state index in [0.717, 1.165) is 5.56 Å². The van der Waals surface area contributed by atoms with Gasteiger partial charge in [0.25, 0.3) is 5.91 Å². The van der Waals surface area contributed by atoms with Gasteiger partial charge < -0.3 is 14.4 Å². The van der Waals surface area contributed by atoms with Crippen molar-refractivity contribution in [1.82, 2.24) is 4.90 Å². The van der Waals surface area contributed by atoms with E-state index in [0.29, 0.717) is 31.9 Å². The van der Waals surface area contributed by atoms with Crippen LogP contribution in [0.3, 0.4) is 0 Å². The number of rotatable bonds is 3. The van der Waals surface area contributed by atoms with Gasteiger partial charge in [0.1, 0.15) is 0 Å². The summed E-state index contributed by atoms with van der Waals surface area (Å²) in [6, 6.07) is 7.31. The highest BCUT2D eigenvalue weighted by Gasteiger charge is 2.19. The van der Waals surface area contributed by atoms with Gasteiger partial charge >= 0.3 is 5.97 Å². The Bertz CT molecular complexity index is 525. The van der Waals surface area contributed by atoms with Gasteiger partial charge in [0.2, 0.25) is 0 Å². The Kier molecular flexibility index (Phi) is 5.19. The summed E-state index contributed by atoms with van der Waals surface area (Å²) in [5.41, 5.74) is 1.64. The minimum atomic E-state index is -0.470. The van der Waals surface area contributed by atoms with E-state index in [1.54, 1.807) is 17.0 Å². The van der Waals surface area contributed by atoms with E-state index >= 15 is 0 Å². The van der Waals surface area contributed by atoms with E-state index in [-0.39, 0.29) is 17.9 Å². The van der Waals surface area contributed by atoms with Crippen LogP contribution in [0.25, 0.3) is 0 Å². The van der Waals surface area contributed by atoms with Crippen molar-refractivity contribution >= 4 is 11.9 Å². The number of hydrogen-bond donors (Lipinski definition) is 0. The Hall–Kier alpha value is -1.88. The van der Waals surface area contributed by atoms with Gasteiger partial charge in [-0.25, -0.2) is 4.79 Å². The first-order valence-electron chi connectivity index (χ1n) is 7.51. The maximum Gasteiger partial charge on any atom is 0.338 e. The van der Waals surface area contributed by atoms with E-state index in [9.17, 15) is 9.59 Å². The number of benzene rings is 1. The summed E-state index contributed by atoms with van der Waals surface area (Å²) in [7, 11) is 0. The van der Waals surface area contributed by atoms with Gasteiger partial charge in [0.05, 0.1) is 18.8 Å². The summed E-state index contributed by atoms with van der Waals surface area (Å²) in [6.45, 7) is 8.29. The summed E-state index contributed by atoms with van der Waals surface area (Å²) >= 11 is 0. The molecular formula is C17H23NO4. The van der Waals surface area contributed by atoms with Crippen molar-refractivity contribution in [2.24, 2.45) is 0 Å². The van der Waals surface area contributed by atoms with Crippen LogP contribution < -0.4 is 0 Å². The molecule has 0 saturated carbocycles. The number of nitrogens with zero attached hydrogens (tertiary/aromatic N) is 1. The molecule has 2 rings (SSSR count). The topological polar surface area (TPSA) is 55.8 Å².